The quantitative estimate of drug-likeness (QED) is 0.278. The SMILES string of the molecule is [CH2]COC(=O)C#CC. The van der Waals surface area contributed by atoms with Crippen molar-refractivity contribution in [3.05, 3.63) is 6.92 Å². The molecule has 0 unspecified atom stereocenters. The van der Waals surface area contributed by atoms with Gasteiger partial charge in [-0.2, -0.15) is 0 Å². The van der Waals surface area contributed by atoms with Crippen molar-refractivity contribution < 1.29 is 9.53 Å². The molecule has 8 heavy (non-hydrogen) atoms. The van der Waals surface area contributed by atoms with Crippen molar-refractivity contribution in [1.82, 2.24) is 0 Å². The van der Waals surface area contributed by atoms with E-state index >= 15 is 0 Å². The van der Waals surface area contributed by atoms with Crippen molar-refractivity contribution in [3.63, 3.8) is 0 Å². The van der Waals surface area contributed by atoms with E-state index in [1.54, 1.807) is 6.92 Å². The molecule has 0 atom stereocenters. The third-order valence-corrected chi connectivity index (χ3v) is 0.460. The first-order valence-electron chi connectivity index (χ1n) is 2.20. The first-order chi connectivity index (χ1) is 3.81. The van der Waals surface area contributed by atoms with Crippen LogP contribution in [0.5, 0.6) is 0 Å². The summed E-state index contributed by atoms with van der Waals surface area (Å²) in [7, 11) is 0. The van der Waals surface area contributed by atoms with Crippen LogP contribution in [0.25, 0.3) is 0 Å². The Hall–Kier alpha value is -0.970. The Morgan fingerprint density at radius 2 is 2.50 bits per heavy atom. The lowest BCUT2D eigenvalue weighted by Gasteiger charge is -1.89. The van der Waals surface area contributed by atoms with Gasteiger partial charge in [-0.1, -0.05) is 5.92 Å². The topological polar surface area (TPSA) is 26.3 Å². The minimum absolute atomic E-state index is 0.146. The fourth-order valence-corrected chi connectivity index (χ4v) is 0.231. The molecule has 0 aliphatic carbocycles. The van der Waals surface area contributed by atoms with Gasteiger partial charge in [0.15, 0.2) is 0 Å². The van der Waals surface area contributed by atoms with Crippen LogP contribution in [0, 0.1) is 18.8 Å². The van der Waals surface area contributed by atoms with E-state index in [0.29, 0.717) is 0 Å². The van der Waals surface area contributed by atoms with E-state index in [4.69, 9.17) is 0 Å². The summed E-state index contributed by atoms with van der Waals surface area (Å²) < 4.78 is 4.36. The molecule has 0 heterocycles. The van der Waals surface area contributed by atoms with E-state index in [2.05, 4.69) is 23.5 Å². The molecule has 0 aromatic heterocycles. The molecular weight excluding hydrogens is 104 g/mol. The summed E-state index contributed by atoms with van der Waals surface area (Å²) in [5, 5.41) is 0. The largest absolute Gasteiger partial charge is 0.456 e. The molecular formula is C6H7O2. The average Bonchev–Trinajstić information content (AvgIpc) is 1.68. The number of ether oxygens (including phenoxy) is 1. The van der Waals surface area contributed by atoms with Gasteiger partial charge in [-0.25, -0.2) is 4.79 Å². The van der Waals surface area contributed by atoms with Crippen LogP contribution in [0.3, 0.4) is 0 Å². The van der Waals surface area contributed by atoms with Crippen LogP contribution in [0.1, 0.15) is 6.92 Å². The predicted molar refractivity (Wildman–Crippen MR) is 29.8 cm³/mol. The van der Waals surface area contributed by atoms with Gasteiger partial charge in [0.1, 0.15) is 0 Å². The molecule has 0 saturated heterocycles. The molecule has 0 bridgehead atoms. The van der Waals surface area contributed by atoms with Crippen LogP contribution >= 0.6 is 0 Å². The normalized spacial score (nSPS) is 6.75. The van der Waals surface area contributed by atoms with Crippen molar-refractivity contribution in [1.29, 1.82) is 0 Å². The van der Waals surface area contributed by atoms with Crippen molar-refractivity contribution in [2.45, 2.75) is 6.92 Å². The maximum Gasteiger partial charge on any atom is 0.384 e. The van der Waals surface area contributed by atoms with Crippen molar-refractivity contribution in [2.75, 3.05) is 6.61 Å². The summed E-state index contributed by atoms with van der Waals surface area (Å²) in [6.45, 7) is 5.02. The summed E-state index contributed by atoms with van der Waals surface area (Å²) >= 11 is 0. The molecule has 1 radical (unpaired) electrons. The monoisotopic (exact) mass is 111 g/mol. The van der Waals surface area contributed by atoms with Gasteiger partial charge >= 0.3 is 5.97 Å². The highest BCUT2D eigenvalue weighted by Crippen LogP contribution is 1.71. The molecule has 2 nitrogen and oxygen atoms in total. The third-order valence-electron chi connectivity index (χ3n) is 0.460. The Kier molecular flexibility index (Phi) is 3.69. The van der Waals surface area contributed by atoms with Gasteiger partial charge in [0, 0.05) is 5.92 Å². The zero-order valence-corrected chi connectivity index (χ0v) is 4.73. The van der Waals surface area contributed by atoms with E-state index in [1.165, 1.54) is 0 Å². The van der Waals surface area contributed by atoms with Gasteiger partial charge in [-0.05, 0) is 13.8 Å². The molecule has 0 aliphatic rings. The Labute approximate surface area is 48.8 Å². The first kappa shape index (κ1) is 7.03. The van der Waals surface area contributed by atoms with Gasteiger partial charge in [-0.3, -0.25) is 0 Å². The fraction of sp³-hybridized carbons (Fsp3) is 0.333. The van der Waals surface area contributed by atoms with Crippen LogP contribution in [0.4, 0.5) is 0 Å². The van der Waals surface area contributed by atoms with Gasteiger partial charge in [0.25, 0.3) is 0 Å². The van der Waals surface area contributed by atoms with Crippen LogP contribution in [0.2, 0.25) is 0 Å². The number of esters is 1. The van der Waals surface area contributed by atoms with E-state index < -0.39 is 5.97 Å². The molecule has 43 valence electrons. The average molecular weight is 111 g/mol. The maximum atomic E-state index is 10.2. The van der Waals surface area contributed by atoms with Gasteiger partial charge in [-0.15, -0.1) is 0 Å². The van der Waals surface area contributed by atoms with Crippen molar-refractivity contribution in [3.8, 4) is 11.8 Å². The molecule has 2 heteroatoms. The summed E-state index contributed by atoms with van der Waals surface area (Å²) in [5.74, 6) is 4.08. The lowest BCUT2D eigenvalue weighted by atomic mass is 10.6. The lowest BCUT2D eigenvalue weighted by molar-refractivity contribution is -0.135. The van der Waals surface area contributed by atoms with E-state index in [0.717, 1.165) is 0 Å². The highest BCUT2D eigenvalue weighted by molar-refractivity contribution is 5.88. The molecule has 0 fully saturated rings. The standard InChI is InChI=1S/C6H7O2/c1-3-5-6(7)8-4-2/h2,4H2,1H3. The molecule has 0 saturated carbocycles. The van der Waals surface area contributed by atoms with E-state index in [-0.39, 0.29) is 6.61 Å². The second kappa shape index (κ2) is 4.20. The number of rotatable bonds is 1. The number of carbonyl (C=O) groups excluding carboxylic acids is 1. The van der Waals surface area contributed by atoms with Crippen LogP contribution < -0.4 is 0 Å². The Morgan fingerprint density at radius 1 is 1.88 bits per heavy atom. The van der Waals surface area contributed by atoms with Gasteiger partial charge in [0.05, 0.1) is 6.61 Å². The zero-order chi connectivity index (χ0) is 6.41. The Balaban J connectivity index is 3.44. The number of carbonyl (C=O) groups is 1. The summed E-state index contributed by atoms with van der Waals surface area (Å²) in [4.78, 5) is 10.2. The number of hydrogen-bond acceptors (Lipinski definition) is 2. The van der Waals surface area contributed by atoms with E-state index in [9.17, 15) is 4.79 Å². The van der Waals surface area contributed by atoms with Gasteiger partial charge < -0.3 is 4.74 Å². The maximum absolute atomic E-state index is 10.2. The van der Waals surface area contributed by atoms with Crippen LogP contribution in [-0.4, -0.2) is 12.6 Å². The number of hydrogen-bond donors (Lipinski definition) is 0. The Bertz CT molecular complexity index is 127. The smallest absolute Gasteiger partial charge is 0.384 e. The second-order valence-electron chi connectivity index (χ2n) is 1.01. The molecule has 0 spiro atoms. The molecule has 0 aliphatic heterocycles. The van der Waals surface area contributed by atoms with E-state index in [1.807, 2.05) is 0 Å². The van der Waals surface area contributed by atoms with Crippen LogP contribution in [-0.2, 0) is 9.53 Å². The van der Waals surface area contributed by atoms with Crippen LogP contribution in [0.15, 0.2) is 0 Å². The molecule has 0 aromatic carbocycles. The summed E-state index contributed by atoms with van der Waals surface area (Å²) in [5.41, 5.74) is 0. The van der Waals surface area contributed by atoms with Crippen molar-refractivity contribution in [2.24, 2.45) is 0 Å². The lowest BCUT2D eigenvalue weighted by Crippen LogP contribution is -1.99. The molecule has 0 aromatic rings. The molecule has 0 amide bonds. The molecule has 0 N–H and O–H groups in total. The zero-order valence-electron chi connectivity index (χ0n) is 4.73. The van der Waals surface area contributed by atoms with Gasteiger partial charge in [0.2, 0.25) is 0 Å². The second-order valence-corrected chi connectivity index (χ2v) is 1.01. The minimum atomic E-state index is -0.512. The first-order valence-corrected chi connectivity index (χ1v) is 2.20. The fourth-order valence-electron chi connectivity index (χ4n) is 0.231. The Morgan fingerprint density at radius 3 is 2.88 bits per heavy atom. The summed E-state index contributed by atoms with van der Waals surface area (Å²) in [6, 6.07) is 0. The highest BCUT2D eigenvalue weighted by Gasteiger charge is 1.88. The predicted octanol–water partition coefficient (Wildman–Crippen LogP) is 0.387. The third kappa shape index (κ3) is 3.23. The summed E-state index contributed by atoms with van der Waals surface area (Å²) in [6.07, 6.45) is 0. The molecule has 0 rings (SSSR count). The van der Waals surface area contributed by atoms with Crippen molar-refractivity contribution >= 4 is 5.97 Å². The minimum Gasteiger partial charge on any atom is -0.456 e. The highest BCUT2D eigenvalue weighted by atomic mass is 16.5.